The van der Waals surface area contributed by atoms with Crippen LogP contribution in [0.15, 0.2) is 0 Å². The molecule has 4 aliphatic rings. The lowest BCUT2D eigenvalue weighted by Gasteiger charge is -2.39. The summed E-state index contributed by atoms with van der Waals surface area (Å²) in [6.07, 6.45) is 5.08. The van der Waals surface area contributed by atoms with E-state index in [2.05, 4.69) is 35.5 Å². The van der Waals surface area contributed by atoms with E-state index in [9.17, 15) is 0 Å². The SMILES string of the molecule is CC(C)N1CCN(C2CC2C(C)N2CC3CCC(C2)O3)CC1. The van der Waals surface area contributed by atoms with Crippen LogP contribution >= 0.6 is 0 Å². The van der Waals surface area contributed by atoms with Crippen LogP contribution in [0.2, 0.25) is 0 Å². The van der Waals surface area contributed by atoms with E-state index in [0.717, 1.165) is 18.0 Å². The molecule has 0 amide bonds. The zero-order chi connectivity index (χ0) is 15.3. The monoisotopic (exact) mass is 307 g/mol. The van der Waals surface area contributed by atoms with Crippen molar-refractivity contribution in [3.63, 3.8) is 0 Å². The lowest BCUT2D eigenvalue weighted by molar-refractivity contribution is -0.0544. The zero-order valence-corrected chi connectivity index (χ0v) is 14.6. The first-order valence-electron chi connectivity index (χ1n) is 9.49. The smallest absolute Gasteiger partial charge is 0.0707 e. The van der Waals surface area contributed by atoms with Gasteiger partial charge in [0.2, 0.25) is 0 Å². The number of rotatable bonds is 4. The van der Waals surface area contributed by atoms with Crippen LogP contribution in [0.1, 0.15) is 40.0 Å². The highest BCUT2D eigenvalue weighted by Gasteiger charge is 2.48. The average molecular weight is 307 g/mol. The summed E-state index contributed by atoms with van der Waals surface area (Å²) in [4.78, 5) is 8.13. The molecule has 4 rings (SSSR count). The molecule has 126 valence electrons. The van der Waals surface area contributed by atoms with Crippen LogP contribution in [0.25, 0.3) is 0 Å². The summed E-state index contributed by atoms with van der Waals surface area (Å²) in [6.45, 7) is 14.6. The second-order valence-electron chi connectivity index (χ2n) is 8.28. The fourth-order valence-electron chi connectivity index (χ4n) is 4.97. The van der Waals surface area contributed by atoms with E-state index in [1.807, 2.05) is 0 Å². The Morgan fingerprint density at radius 1 is 0.864 bits per heavy atom. The van der Waals surface area contributed by atoms with Gasteiger partial charge in [0.1, 0.15) is 0 Å². The first kappa shape index (κ1) is 15.4. The van der Waals surface area contributed by atoms with E-state index in [-0.39, 0.29) is 0 Å². The highest BCUT2D eigenvalue weighted by molar-refractivity contribution is 5.03. The van der Waals surface area contributed by atoms with Gasteiger partial charge in [-0.2, -0.15) is 0 Å². The molecular formula is C18H33N3O. The maximum absolute atomic E-state index is 6.00. The summed E-state index contributed by atoms with van der Waals surface area (Å²) in [7, 11) is 0. The van der Waals surface area contributed by atoms with Gasteiger partial charge >= 0.3 is 0 Å². The van der Waals surface area contributed by atoms with Crippen LogP contribution in [0.5, 0.6) is 0 Å². The molecule has 0 N–H and O–H groups in total. The van der Waals surface area contributed by atoms with Crippen molar-refractivity contribution in [2.45, 2.75) is 70.4 Å². The molecule has 22 heavy (non-hydrogen) atoms. The van der Waals surface area contributed by atoms with Gasteiger partial charge in [0.05, 0.1) is 12.2 Å². The minimum atomic E-state index is 0.535. The molecule has 3 aliphatic heterocycles. The molecule has 0 spiro atoms. The van der Waals surface area contributed by atoms with E-state index >= 15 is 0 Å². The van der Waals surface area contributed by atoms with Crippen LogP contribution in [0, 0.1) is 5.92 Å². The molecule has 3 heterocycles. The molecule has 0 aromatic heterocycles. The largest absolute Gasteiger partial charge is 0.372 e. The lowest BCUT2D eigenvalue weighted by Crippen LogP contribution is -2.51. The highest BCUT2D eigenvalue weighted by Crippen LogP contribution is 2.42. The molecule has 0 radical (unpaired) electrons. The minimum Gasteiger partial charge on any atom is -0.372 e. The second-order valence-corrected chi connectivity index (χ2v) is 8.28. The van der Waals surface area contributed by atoms with Gasteiger partial charge in [-0.1, -0.05) is 0 Å². The molecule has 5 atom stereocenters. The minimum absolute atomic E-state index is 0.535. The number of hydrogen-bond donors (Lipinski definition) is 0. The third-order valence-electron chi connectivity index (χ3n) is 6.62. The standard InChI is InChI=1S/C18H33N3O/c1-13(2)19-6-8-20(9-7-19)18-10-17(18)14(3)21-11-15-4-5-16(12-21)22-15/h13-18H,4-12H2,1-3H3. The van der Waals surface area contributed by atoms with Crippen molar-refractivity contribution in [3.8, 4) is 0 Å². The van der Waals surface area contributed by atoms with Crippen LogP contribution in [0.4, 0.5) is 0 Å². The Labute approximate surface area is 135 Å². The normalized spacial score (nSPS) is 42.0. The summed E-state index contributed by atoms with van der Waals surface area (Å²) in [5, 5.41) is 0. The summed E-state index contributed by atoms with van der Waals surface area (Å²) >= 11 is 0. The van der Waals surface area contributed by atoms with E-state index in [0.29, 0.717) is 18.2 Å². The molecular weight excluding hydrogens is 274 g/mol. The fraction of sp³-hybridized carbons (Fsp3) is 1.00. The molecule has 5 unspecified atom stereocenters. The van der Waals surface area contributed by atoms with Crippen molar-refractivity contribution in [1.29, 1.82) is 0 Å². The van der Waals surface area contributed by atoms with Gasteiger partial charge in [0.25, 0.3) is 0 Å². The topological polar surface area (TPSA) is 19.0 Å². The Bertz CT molecular complexity index is 382. The van der Waals surface area contributed by atoms with Gasteiger partial charge in [-0.3, -0.25) is 14.7 Å². The van der Waals surface area contributed by atoms with Crippen LogP contribution in [-0.4, -0.2) is 84.3 Å². The van der Waals surface area contributed by atoms with Crippen molar-refractivity contribution in [2.24, 2.45) is 5.92 Å². The quantitative estimate of drug-likeness (QED) is 0.786. The molecule has 2 bridgehead atoms. The number of likely N-dealkylation sites (tertiary alicyclic amines) is 1. The van der Waals surface area contributed by atoms with Gasteiger partial charge in [-0.05, 0) is 46.0 Å². The van der Waals surface area contributed by atoms with Gasteiger partial charge in [-0.25, -0.2) is 0 Å². The van der Waals surface area contributed by atoms with Crippen LogP contribution < -0.4 is 0 Å². The number of fused-ring (bicyclic) bond motifs is 2. The number of hydrogen-bond acceptors (Lipinski definition) is 4. The summed E-state index contributed by atoms with van der Waals surface area (Å²) in [6, 6.07) is 2.32. The molecule has 3 saturated heterocycles. The van der Waals surface area contributed by atoms with Crippen molar-refractivity contribution in [1.82, 2.24) is 14.7 Å². The Kier molecular flexibility index (Phi) is 4.22. The molecule has 0 aromatic rings. The fourth-order valence-corrected chi connectivity index (χ4v) is 4.97. The third kappa shape index (κ3) is 2.95. The number of ether oxygens (including phenoxy) is 1. The second kappa shape index (κ2) is 6.04. The molecule has 4 heteroatoms. The van der Waals surface area contributed by atoms with Crippen LogP contribution in [-0.2, 0) is 4.74 Å². The Morgan fingerprint density at radius 3 is 2.09 bits per heavy atom. The lowest BCUT2D eigenvalue weighted by atomic mass is 10.1. The van der Waals surface area contributed by atoms with E-state index in [4.69, 9.17) is 4.74 Å². The van der Waals surface area contributed by atoms with E-state index in [1.165, 1.54) is 58.5 Å². The molecule has 1 saturated carbocycles. The Morgan fingerprint density at radius 2 is 1.50 bits per heavy atom. The zero-order valence-electron chi connectivity index (χ0n) is 14.6. The summed E-state index contributed by atoms with van der Waals surface area (Å²) in [5.41, 5.74) is 0. The van der Waals surface area contributed by atoms with Crippen molar-refractivity contribution in [2.75, 3.05) is 39.3 Å². The Hall–Kier alpha value is -0.160. The maximum atomic E-state index is 6.00. The average Bonchev–Trinajstić information content (AvgIpc) is 3.26. The maximum Gasteiger partial charge on any atom is 0.0707 e. The third-order valence-corrected chi connectivity index (χ3v) is 6.62. The Balaban J connectivity index is 1.27. The predicted octanol–water partition coefficient (Wildman–Crippen LogP) is 1.65. The van der Waals surface area contributed by atoms with Gasteiger partial charge in [0, 0.05) is 57.4 Å². The van der Waals surface area contributed by atoms with Crippen molar-refractivity contribution in [3.05, 3.63) is 0 Å². The van der Waals surface area contributed by atoms with Crippen LogP contribution in [0.3, 0.4) is 0 Å². The molecule has 4 fully saturated rings. The summed E-state index contributed by atoms with van der Waals surface area (Å²) in [5.74, 6) is 0.906. The predicted molar refractivity (Wildman–Crippen MR) is 89.1 cm³/mol. The molecule has 0 aromatic carbocycles. The van der Waals surface area contributed by atoms with Gasteiger partial charge in [0.15, 0.2) is 0 Å². The first-order valence-corrected chi connectivity index (χ1v) is 9.49. The van der Waals surface area contributed by atoms with E-state index < -0.39 is 0 Å². The summed E-state index contributed by atoms with van der Waals surface area (Å²) < 4.78 is 6.00. The number of morpholine rings is 1. The molecule has 1 aliphatic carbocycles. The number of nitrogens with zero attached hydrogens (tertiary/aromatic N) is 3. The van der Waals surface area contributed by atoms with Gasteiger partial charge in [-0.15, -0.1) is 0 Å². The van der Waals surface area contributed by atoms with E-state index in [1.54, 1.807) is 0 Å². The van der Waals surface area contributed by atoms with Crippen molar-refractivity contribution >= 4 is 0 Å². The number of piperazine rings is 1. The highest BCUT2D eigenvalue weighted by atomic mass is 16.5. The first-order chi connectivity index (χ1) is 10.6. The van der Waals surface area contributed by atoms with Gasteiger partial charge < -0.3 is 4.74 Å². The molecule has 4 nitrogen and oxygen atoms in total. The van der Waals surface area contributed by atoms with Crippen molar-refractivity contribution < 1.29 is 4.74 Å².